The van der Waals surface area contributed by atoms with Gasteiger partial charge in [0.1, 0.15) is 18.8 Å². The first-order valence-electron chi connectivity index (χ1n) is 7.17. The minimum absolute atomic E-state index is 0.00463. The number of hydrogen-bond acceptors (Lipinski definition) is 6. The maximum atomic E-state index is 12.2. The lowest BCUT2D eigenvalue weighted by molar-refractivity contribution is -0.384. The zero-order valence-corrected chi connectivity index (χ0v) is 12.2. The fraction of sp³-hybridized carbons (Fsp3) is 0.357. The summed E-state index contributed by atoms with van der Waals surface area (Å²) in [5.41, 5.74) is 0.698. The van der Waals surface area contributed by atoms with Crippen molar-refractivity contribution < 1.29 is 14.5 Å². The van der Waals surface area contributed by atoms with Crippen LogP contribution < -0.4 is 0 Å². The summed E-state index contributed by atoms with van der Waals surface area (Å²) in [6.07, 6.45) is 2.66. The van der Waals surface area contributed by atoms with Crippen LogP contribution in [0.5, 0.6) is 0 Å². The van der Waals surface area contributed by atoms with Crippen molar-refractivity contribution in [3.05, 3.63) is 52.1 Å². The summed E-state index contributed by atoms with van der Waals surface area (Å²) in [6.45, 7) is 0.668. The third-order valence-electron chi connectivity index (χ3n) is 3.75. The third-order valence-corrected chi connectivity index (χ3v) is 3.75. The van der Waals surface area contributed by atoms with E-state index in [4.69, 9.17) is 4.74 Å². The van der Waals surface area contributed by atoms with Crippen molar-refractivity contribution in [3.63, 3.8) is 0 Å². The molecule has 1 amide bonds. The predicted octanol–water partition coefficient (Wildman–Crippen LogP) is 2.19. The normalized spacial score (nSPS) is 17.2. The molecule has 0 bridgehead atoms. The number of ether oxygens (including phenoxy) is 1. The van der Waals surface area contributed by atoms with Crippen molar-refractivity contribution in [1.82, 2.24) is 20.1 Å². The molecule has 0 radical (unpaired) electrons. The number of nitrogens with zero attached hydrogens (tertiary/aromatic N) is 4. The van der Waals surface area contributed by atoms with Crippen molar-refractivity contribution in [3.8, 4) is 0 Å². The van der Waals surface area contributed by atoms with E-state index in [2.05, 4.69) is 15.2 Å². The summed E-state index contributed by atoms with van der Waals surface area (Å²) in [7, 11) is 0. The van der Waals surface area contributed by atoms with Gasteiger partial charge in [-0.3, -0.25) is 20.1 Å². The Balaban J connectivity index is 1.59. The highest BCUT2D eigenvalue weighted by Crippen LogP contribution is 2.30. The molecule has 9 heteroatoms. The number of aromatic amines is 1. The van der Waals surface area contributed by atoms with Crippen LogP contribution in [0, 0.1) is 10.1 Å². The van der Waals surface area contributed by atoms with Crippen molar-refractivity contribution >= 4 is 11.8 Å². The van der Waals surface area contributed by atoms with Gasteiger partial charge < -0.3 is 4.74 Å². The second-order valence-corrected chi connectivity index (χ2v) is 5.20. The lowest BCUT2D eigenvalue weighted by Gasteiger charge is -2.22. The number of carbonyl (C=O) groups is 1. The lowest BCUT2D eigenvalue weighted by atomic mass is 10.2. The fourth-order valence-electron chi connectivity index (χ4n) is 2.59. The van der Waals surface area contributed by atoms with Gasteiger partial charge in [-0.15, -0.1) is 0 Å². The van der Waals surface area contributed by atoms with E-state index in [1.165, 1.54) is 18.5 Å². The smallest absolute Gasteiger partial charge is 0.410 e. The van der Waals surface area contributed by atoms with Gasteiger partial charge in [-0.2, -0.15) is 5.10 Å². The van der Waals surface area contributed by atoms with E-state index >= 15 is 0 Å². The van der Waals surface area contributed by atoms with Gasteiger partial charge in [0.2, 0.25) is 0 Å². The van der Waals surface area contributed by atoms with E-state index in [1.807, 2.05) is 0 Å². The highest BCUT2D eigenvalue weighted by molar-refractivity contribution is 5.68. The van der Waals surface area contributed by atoms with E-state index in [1.54, 1.807) is 17.0 Å². The number of amides is 1. The van der Waals surface area contributed by atoms with Crippen LogP contribution in [0.1, 0.15) is 30.3 Å². The minimum Gasteiger partial charge on any atom is -0.445 e. The highest BCUT2D eigenvalue weighted by Gasteiger charge is 2.32. The summed E-state index contributed by atoms with van der Waals surface area (Å²) in [5.74, 6) is 0.648. The Morgan fingerprint density at radius 2 is 2.22 bits per heavy atom. The van der Waals surface area contributed by atoms with Crippen LogP contribution in [0.25, 0.3) is 0 Å². The van der Waals surface area contributed by atoms with Gasteiger partial charge in [0.15, 0.2) is 0 Å². The number of likely N-dealkylation sites (tertiary alicyclic amines) is 1. The monoisotopic (exact) mass is 317 g/mol. The molecule has 2 heterocycles. The molecule has 23 heavy (non-hydrogen) atoms. The largest absolute Gasteiger partial charge is 0.445 e. The maximum Gasteiger partial charge on any atom is 0.410 e. The summed E-state index contributed by atoms with van der Waals surface area (Å²) in [5, 5.41) is 17.2. The Morgan fingerprint density at radius 3 is 2.87 bits per heavy atom. The van der Waals surface area contributed by atoms with Gasteiger partial charge in [0.25, 0.3) is 5.69 Å². The van der Waals surface area contributed by atoms with E-state index in [0.29, 0.717) is 17.9 Å². The van der Waals surface area contributed by atoms with Crippen LogP contribution in [0.2, 0.25) is 0 Å². The molecule has 1 atom stereocenters. The average Bonchev–Trinajstić information content (AvgIpc) is 3.23. The molecule has 3 rings (SSSR count). The number of nitro groups is 1. The summed E-state index contributed by atoms with van der Waals surface area (Å²) in [6, 6.07) is 5.76. The number of H-pyrrole nitrogens is 1. The van der Waals surface area contributed by atoms with Gasteiger partial charge in [-0.25, -0.2) is 9.78 Å². The lowest BCUT2D eigenvalue weighted by Crippen LogP contribution is -2.31. The Morgan fingerprint density at radius 1 is 1.43 bits per heavy atom. The molecule has 1 aromatic heterocycles. The Kier molecular flexibility index (Phi) is 4.18. The van der Waals surface area contributed by atoms with E-state index in [-0.39, 0.29) is 18.3 Å². The van der Waals surface area contributed by atoms with E-state index in [0.717, 1.165) is 12.8 Å². The zero-order chi connectivity index (χ0) is 16.2. The molecular weight excluding hydrogens is 302 g/mol. The SMILES string of the molecule is O=C(OCc1ccc([N+](=O)[O-])cc1)N1CCCC1c1ncn[nH]1. The Hall–Kier alpha value is -2.97. The topological polar surface area (TPSA) is 114 Å². The molecule has 2 aromatic rings. The first-order valence-corrected chi connectivity index (χ1v) is 7.17. The number of non-ortho nitro benzene ring substituents is 1. The van der Waals surface area contributed by atoms with Crippen LogP contribution in [0.15, 0.2) is 30.6 Å². The molecular formula is C14H15N5O4. The predicted molar refractivity (Wildman–Crippen MR) is 78.3 cm³/mol. The molecule has 0 spiro atoms. The molecule has 1 unspecified atom stereocenters. The van der Waals surface area contributed by atoms with Crippen LogP contribution in [0.4, 0.5) is 10.5 Å². The van der Waals surface area contributed by atoms with Crippen LogP contribution in [-0.4, -0.2) is 37.6 Å². The third kappa shape index (κ3) is 3.28. The number of rotatable bonds is 4. The van der Waals surface area contributed by atoms with Crippen molar-refractivity contribution in [2.45, 2.75) is 25.5 Å². The number of aromatic nitrogens is 3. The Labute approximate surface area is 131 Å². The molecule has 0 saturated carbocycles. The summed E-state index contributed by atoms with van der Waals surface area (Å²) in [4.78, 5) is 28.1. The average molecular weight is 317 g/mol. The standard InChI is InChI=1S/C14H15N5O4/c20-14(18-7-1-2-12(18)13-15-9-16-17-13)23-8-10-3-5-11(6-4-10)19(21)22/h3-6,9,12H,1-2,7-8H2,(H,15,16,17). The second-order valence-electron chi connectivity index (χ2n) is 5.20. The number of carbonyl (C=O) groups excluding carboxylic acids is 1. The minimum atomic E-state index is -0.470. The van der Waals surface area contributed by atoms with E-state index in [9.17, 15) is 14.9 Å². The summed E-state index contributed by atoms with van der Waals surface area (Å²) >= 11 is 0. The molecule has 120 valence electrons. The molecule has 1 aromatic carbocycles. The first-order chi connectivity index (χ1) is 11.1. The fourth-order valence-corrected chi connectivity index (χ4v) is 2.59. The van der Waals surface area contributed by atoms with Crippen molar-refractivity contribution in [2.24, 2.45) is 0 Å². The van der Waals surface area contributed by atoms with E-state index < -0.39 is 11.0 Å². The number of hydrogen-bond donors (Lipinski definition) is 1. The highest BCUT2D eigenvalue weighted by atomic mass is 16.6. The molecule has 1 aliphatic heterocycles. The molecule has 9 nitrogen and oxygen atoms in total. The van der Waals surface area contributed by atoms with Crippen LogP contribution in [0.3, 0.4) is 0 Å². The van der Waals surface area contributed by atoms with Crippen molar-refractivity contribution in [2.75, 3.05) is 6.54 Å². The quantitative estimate of drug-likeness (QED) is 0.683. The second kappa shape index (κ2) is 6.42. The van der Waals surface area contributed by atoms with Gasteiger partial charge in [-0.1, -0.05) is 0 Å². The molecule has 1 fully saturated rings. The first kappa shape index (κ1) is 14.9. The van der Waals surface area contributed by atoms with Gasteiger partial charge >= 0.3 is 6.09 Å². The molecule has 1 aliphatic rings. The van der Waals surface area contributed by atoms with Crippen LogP contribution >= 0.6 is 0 Å². The van der Waals surface area contributed by atoms with Gasteiger partial charge in [0, 0.05) is 18.7 Å². The molecule has 1 N–H and O–H groups in total. The molecule has 1 saturated heterocycles. The van der Waals surface area contributed by atoms with Crippen LogP contribution in [-0.2, 0) is 11.3 Å². The molecule has 0 aliphatic carbocycles. The number of nitro benzene ring substituents is 1. The maximum absolute atomic E-state index is 12.2. The van der Waals surface area contributed by atoms with Gasteiger partial charge in [-0.05, 0) is 30.5 Å². The number of benzene rings is 1. The van der Waals surface area contributed by atoms with Crippen molar-refractivity contribution in [1.29, 1.82) is 0 Å². The summed E-state index contributed by atoms with van der Waals surface area (Å²) < 4.78 is 5.30. The Bertz CT molecular complexity index is 686. The number of nitrogens with one attached hydrogen (secondary N) is 1. The van der Waals surface area contributed by atoms with Gasteiger partial charge in [0.05, 0.1) is 11.0 Å². The zero-order valence-electron chi connectivity index (χ0n) is 12.2.